The third kappa shape index (κ3) is 3.23. The first-order valence-corrected chi connectivity index (χ1v) is 7.65. The number of pyridine rings is 1. The topological polar surface area (TPSA) is 50.2 Å². The molecule has 5 heteroatoms. The fourth-order valence-corrected chi connectivity index (χ4v) is 3.41. The van der Waals surface area contributed by atoms with Crippen molar-refractivity contribution < 1.29 is 18.7 Å². The lowest BCUT2D eigenvalue weighted by Gasteiger charge is -2.16. The third-order valence-corrected chi connectivity index (χ3v) is 4.49. The summed E-state index contributed by atoms with van der Waals surface area (Å²) in [6.45, 7) is 0. The first kappa shape index (κ1) is 15.6. The Kier molecular flexibility index (Phi) is 4.37. The summed E-state index contributed by atoms with van der Waals surface area (Å²) in [6, 6.07) is 7.92. The fourth-order valence-electron chi connectivity index (χ4n) is 3.41. The van der Waals surface area contributed by atoms with Crippen LogP contribution in [-0.2, 0) is 11.2 Å². The van der Waals surface area contributed by atoms with Gasteiger partial charge in [0.15, 0.2) is 11.6 Å². The number of aromatic nitrogens is 1. The molecule has 1 heterocycles. The lowest BCUT2D eigenvalue weighted by Crippen LogP contribution is -2.08. The van der Waals surface area contributed by atoms with Gasteiger partial charge in [-0.2, -0.15) is 0 Å². The first-order valence-electron chi connectivity index (χ1n) is 7.65. The molecule has 0 fully saturated rings. The van der Waals surface area contributed by atoms with Gasteiger partial charge in [-0.05, 0) is 48.4 Å². The van der Waals surface area contributed by atoms with Gasteiger partial charge in [-0.1, -0.05) is 18.2 Å². The predicted octanol–water partition coefficient (Wildman–Crippen LogP) is 4.04. The van der Waals surface area contributed by atoms with E-state index in [9.17, 15) is 13.6 Å². The molecular weight excluding hydrogens is 300 g/mol. The van der Waals surface area contributed by atoms with E-state index >= 15 is 0 Å². The Bertz CT molecular complexity index is 733. The number of benzene rings is 1. The van der Waals surface area contributed by atoms with Gasteiger partial charge in [-0.25, -0.2) is 8.78 Å². The average Bonchev–Trinajstić information content (AvgIpc) is 2.70. The van der Waals surface area contributed by atoms with Gasteiger partial charge < -0.3 is 5.11 Å². The van der Waals surface area contributed by atoms with Crippen molar-refractivity contribution in [1.82, 2.24) is 4.98 Å². The number of fused-ring (bicyclic) bond motifs is 1. The number of carboxylic acids is 1. The summed E-state index contributed by atoms with van der Waals surface area (Å²) in [6.07, 6.45) is 3.39. The van der Waals surface area contributed by atoms with Gasteiger partial charge in [0.2, 0.25) is 0 Å². The average molecular weight is 317 g/mol. The summed E-state index contributed by atoms with van der Waals surface area (Å²) in [5.41, 5.74) is 2.05. The zero-order chi connectivity index (χ0) is 16.4. The molecule has 120 valence electrons. The monoisotopic (exact) mass is 317 g/mol. The predicted molar refractivity (Wildman–Crippen MR) is 81.3 cm³/mol. The number of halogens is 2. The maximum atomic E-state index is 14.1. The van der Waals surface area contributed by atoms with E-state index in [-0.39, 0.29) is 18.3 Å². The first-order chi connectivity index (χ1) is 11.1. The van der Waals surface area contributed by atoms with Crippen LogP contribution in [0.1, 0.15) is 47.9 Å². The number of rotatable bonds is 3. The second-order valence-electron chi connectivity index (χ2n) is 5.96. The molecule has 0 unspecified atom stereocenters. The third-order valence-electron chi connectivity index (χ3n) is 4.49. The molecular formula is C18H17F2NO2. The van der Waals surface area contributed by atoms with Gasteiger partial charge in [-0.15, -0.1) is 0 Å². The summed E-state index contributed by atoms with van der Waals surface area (Å²) >= 11 is 0. The molecule has 1 aromatic carbocycles. The van der Waals surface area contributed by atoms with Gasteiger partial charge in [-0.3, -0.25) is 9.78 Å². The summed E-state index contributed by atoms with van der Waals surface area (Å²) in [5.74, 6) is -2.89. The molecule has 1 N–H and O–H groups in total. The highest BCUT2D eigenvalue weighted by atomic mass is 19.2. The molecule has 1 aliphatic rings. The molecule has 0 spiro atoms. The number of carbonyl (C=O) groups is 1. The van der Waals surface area contributed by atoms with Crippen molar-refractivity contribution in [1.29, 1.82) is 0 Å². The minimum absolute atomic E-state index is 0.00235. The number of carboxylic acid groups (broad SMARTS) is 1. The van der Waals surface area contributed by atoms with Crippen LogP contribution in [0.3, 0.4) is 0 Å². The Morgan fingerprint density at radius 3 is 2.83 bits per heavy atom. The normalized spacial score (nSPS) is 20.6. The highest BCUT2D eigenvalue weighted by Gasteiger charge is 2.28. The summed E-state index contributed by atoms with van der Waals surface area (Å²) in [7, 11) is 0. The second kappa shape index (κ2) is 6.44. The van der Waals surface area contributed by atoms with Crippen LogP contribution < -0.4 is 0 Å². The van der Waals surface area contributed by atoms with E-state index in [0.29, 0.717) is 24.8 Å². The molecule has 2 aromatic rings. The van der Waals surface area contributed by atoms with Crippen LogP contribution >= 0.6 is 0 Å². The lowest BCUT2D eigenvalue weighted by molar-refractivity contribution is -0.137. The van der Waals surface area contributed by atoms with Crippen molar-refractivity contribution in [3.8, 4) is 0 Å². The molecule has 23 heavy (non-hydrogen) atoms. The maximum absolute atomic E-state index is 14.1. The van der Waals surface area contributed by atoms with Crippen molar-refractivity contribution >= 4 is 5.97 Å². The van der Waals surface area contributed by atoms with E-state index in [0.717, 1.165) is 17.3 Å². The summed E-state index contributed by atoms with van der Waals surface area (Å²) < 4.78 is 27.6. The number of nitrogens with zero attached hydrogens (tertiary/aromatic N) is 1. The van der Waals surface area contributed by atoms with Gasteiger partial charge in [0, 0.05) is 17.8 Å². The van der Waals surface area contributed by atoms with Crippen LogP contribution in [0.2, 0.25) is 0 Å². The molecule has 1 aliphatic carbocycles. The largest absolute Gasteiger partial charge is 0.481 e. The molecule has 2 atom stereocenters. The standard InChI is InChI=1S/C18H17F2NO2/c19-15-5-1-4-14(17(15)20)11-6-7-13(10-16(22)23)18-12(9-11)3-2-8-21-18/h1-5,8,11,13H,6-7,9-10H2,(H,22,23)/t11-,13-/m0/s1. The molecule has 1 aromatic heterocycles. The van der Waals surface area contributed by atoms with Crippen molar-refractivity contribution in [2.45, 2.75) is 37.5 Å². The molecule has 3 rings (SSSR count). The maximum Gasteiger partial charge on any atom is 0.304 e. The second-order valence-corrected chi connectivity index (χ2v) is 5.96. The van der Waals surface area contributed by atoms with Crippen LogP contribution in [0, 0.1) is 11.6 Å². The van der Waals surface area contributed by atoms with Crippen LogP contribution in [0.4, 0.5) is 8.78 Å². The zero-order valence-electron chi connectivity index (χ0n) is 12.5. The smallest absolute Gasteiger partial charge is 0.304 e. The molecule has 0 bridgehead atoms. The van der Waals surface area contributed by atoms with Gasteiger partial charge in [0.05, 0.1) is 6.42 Å². The SMILES string of the molecule is O=C(O)C[C@@H]1CC[C@H](c2cccc(F)c2F)Cc2cccnc21. The Morgan fingerprint density at radius 2 is 2.04 bits per heavy atom. The van der Waals surface area contributed by atoms with Crippen LogP contribution in [-0.4, -0.2) is 16.1 Å². The van der Waals surface area contributed by atoms with E-state index < -0.39 is 17.6 Å². The van der Waals surface area contributed by atoms with Gasteiger partial charge >= 0.3 is 5.97 Å². The number of aliphatic carboxylic acids is 1. The highest BCUT2D eigenvalue weighted by molar-refractivity contribution is 5.68. The number of hydrogen-bond acceptors (Lipinski definition) is 2. The molecule has 0 amide bonds. The molecule has 0 saturated heterocycles. The Labute approximate surface area is 133 Å². The van der Waals surface area contributed by atoms with Crippen molar-refractivity contribution in [3.63, 3.8) is 0 Å². The van der Waals surface area contributed by atoms with Crippen LogP contribution in [0.15, 0.2) is 36.5 Å². The molecule has 0 radical (unpaired) electrons. The van der Waals surface area contributed by atoms with E-state index in [2.05, 4.69) is 4.98 Å². The zero-order valence-corrected chi connectivity index (χ0v) is 12.5. The Balaban J connectivity index is 1.97. The van der Waals surface area contributed by atoms with Crippen LogP contribution in [0.25, 0.3) is 0 Å². The van der Waals surface area contributed by atoms with E-state index in [1.54, 1.807) is 18.3 Å². The van der Waals surface area contributed by atoms with E-state index in [1.165, 1.54) is 6.07 Å². The fraction of sp³-hybridized carbons (Fsp3) is 0.333. The van der Waals surface area contributed by atoms with Crippen molar-refractivity contribution in [2.75, 3.05) is 0 Å². The molecule has 0 saturated carbocycles. The van der Waals surface area contributed by atoms with Gasteiger partial charge in [0.1, 0.15) is 0 Å². The minimum Gasteiger partial charge on any atom is -0.481 e. The van der Waals surface area contributed by atoms with Crippen molar-refractivity contribution in [2.24, 2.45) is 0 Å². The van der Waals surface area contributed by atoms with Gasteiger partial charge in [0.25, 0.3) is 0 Å². The Hall–Kier alpha value is -2.30. The summed E-state index contributed by atoms with van der Waals surface area (Å²) in [5, 5.41) is 9.11. The lowest BCUT2D eigenvalue weighted by atomic mass is 9.89. The highest BCUT2D eigenvalue weighted by Crippen LogP contribution is 2.38. The van der Waals surface area contributed by atoms with E-state index in [1.807, 2.05) is 6.07 Å². The molecule has 3 nitrogen and oxygen atoms in total. The van der Waals surface area contributed by atoms with Crippen molar-refractivity contribution in [3.05, 3.63) is 65.0 Å². The minimum atomic E-state index is -0.873. The summed E-state index contributed by atoms with van der Waals surface area (Å²) in [4.78, 5) is 15.5. The quantitative estimate of drug-likeness (QED) is 0.869. The van der Waals surface area contributed by atoms with Crippen LogP contribution in [0.5, 0.6) is 0 Å². The van der Waals surface area contributed by atoms with E-state index in [4.69, 9.17) is 5.11 Å². The molecule has 0 aliphatic heterocycles. The number of hydrogen-bond donors (Lipinski definition) is 1. The Morgan fingerprint density at radius 1 is 1.22 bits per heavy atom.